The third-order valence-electron chi connectivity index (χ3n) is 3.29. The summed E-state index contributed by atoms with van der Waals surface area (Å²) in [6.45, 7) is 2.03. The molecule has 0 saturated carbocycles. The third-order valence-corrected chi connectivity index (χ3v) is 4.01. The molecule has 1 aromatic heterocycles. The van der Waals surface area contributed by atoms with Crippen LogP contribution in [0.1, 0.15) is 11.1 Å². The van der Waals surface area contributed by atoms with Gasteiger partial charge in [-0.3, -0.25) is 4.79 Å². The van der Waals surface area contributed by atoms with Gasteiger partial charge >= 0.3 is 0 Å². The quantitative estimate of drug-likeness (QED) is 0.667. The highest BCUT2D eigenvalue weighted by atomic mass is 127. The summed E-state index contributed by atoms with van der Waals surface area (Å²) in [6, 6.07) is 13.7. The Bertz CT molecular complexity index is 790. The minimum Gasteiger partial charge on any atom is -0.464 e. The standard InChI is InChI=1S/C17H14INO2/c1-11-2-7-16-15(8-11)12(10-21-16)9-17(20)19-14-5-3-13(18)4-6-14/h2-8,10H,9H2,1H3,(H,19,20). The lowest BCUT2D eigenvalue weighted by Gasteiger charge is -2.04. The summed E-state index contributed by atoms with van der Waals surface area (Å²) in [6.07, 6.45) is 1.97. The lowest BCUT2D eigenvalue weighted by molar-refractivity contribution is -0.115. The van der Waals surface area contributed by atoms with Gasteiger partial charge in [-0.25, -0.2) is 0 Å². The highest BCUT2D eigenvalue weighted by Crippen LogP contribution is 2.23. The van der Waals surface area contributed by atoms with Crippen molar-refractivity contribution in [1.29, 1.82) is 0 Å². The van der Waals surface area contributed by atoms with Gasteiger partial charge in [-0.05, 0) is 65.9 Å². The third kappa shape index (κ3) is 3.26. The molecule has 21 heavy (non-hydrogen) atoms. The molecule has 0 aliphatic rings. The molecule has 0 unspecified atom stereocenters. The monoisotopic (exact) mass is 391 g/mol. The van der Waals surface area contributed by atoms with E-state index in [-0.39, 0.29) is 5.91 Å². The number of fused-ring (bicyclic) bond motifs is 1. The van der Waals surface area contributed by atoms with Gasteiger partial charge in [0.05, 0.1) is 12.7 Å². The Labute approximate surface area is 136 Å². The second-order valence-electron chi connectivity index (χ2n) is 4.99. The van der Waals surface area contributed by atoms with Crippen molar-refractivity contribution in [3.05, 3.63) is 63.4 Å². The lowest BCUT2D eigenvalue weighted by atomic mass is 10.1. The van der Waals surface area contributed by atoms with Crippen molar-refractivity contribution in [3.8, 4) is 0 Å². The van der Waals surface area contributed by atoms with Gasteiger partial charge in [-0.1, -0.05) is 11.6 Å². The van der Waals surface area contributed by atoms with Crippen molar-refractivity contribution in [2.45, 2.75) is 13.3 Å². The van der Waals surface area contributed by atoms with Gasteiger partial charge < -0.3 is 9.73 Å². The molecular formula is C17H14INO2. The molecule has 4 heteroatoms. The summed E-state index contributed by atoms with van der Waals surface area (Å²) in [5.74, 6) is -0.0413. The SMILES string of the molecule is Cc1ccc2occ(CC(=O)Nc3ccc(I)cc3)c2c1. The Hall–Kier alpha value is -1.82. The second-order valence-corrected chi connectivity index (χ2v) is 6.24. The maximum Gasteiger partial charge on any atom is 0.228 e. The van der Waals surface area contributed by atoms with Crippen LogP contribution in [0.4, 0.5) is 5.69 Å². The van der Waals surface area contributed by atoms with Crippen molar-refractivity contribution in [1.82, 2.24) is 0 Å². The Morgan fingerprint density at radius 2 is 1.95 bits per heavy atom. The largest absolute Gasteiger partial charge is 0.464 e. The molecule has 0 fully saturated rings. The Balaban J connectivity index is 1.77. The Morgan fingerprint density at radius 3 is 2.71 bits per heavy atom. The Morgan fingerprint density at radius 1 is 1.19 bits per heavy atom. The molecule has 0 saturated heterocycles. The van der Waals surface area contributed by atoms with Crippen LogP contribution in [0.5, 0.6) is 0 Å². The zero-order valence-corrected chi connectivity index (χ0v) is 13.7. The molecule has 0 radical (unpaired) electrons. The second kappa shape index (κ2) is 5.89. The van der Waals surface area contributed by atoms with E-state index in [9.17, 15) is 4.79 Å². The first-order valence-electron chi connectivity index (χ1n) is 6.64. The van der Waals surface area contributed by atoms with Crippen LogP contribution in [0.3, 0.4) is 0 Å². The topological polar surface area (TPSA) is 42.2 Å². The molecule has 1 heterocycles. The number of amides is 1. The molecule has 1 N–H and O–H groups in total. The summed E-state index contributed by atoms with van der Waals surface area (Å²) in [5, 5.41) is 3.91. The highest BCUT2D eigenvalue weighted by molar-refractivity contribution is 14.1. The molecule has 0 aliphatic carbocycles. The predicted molar refractivity (Wildman–Crippen MR) is 92.4 cm³/mol. The molecule has 0 bridgehead atoms. The van der Waals surface area contributed by atoms with E-state index in [1.165, 1.54) is 0 Å². The van der Waals surface area contributed by atoms with Crippen molar-refractivity contribution < 1.29 is 9.21 Å². The van der Waals surface area contributed by atoms with Crippen molar-refractivity contribution >= 4 is 45.2 Å². The van der Waals surface area contributed by atoms with Crippen molar-refractivity contribution in [2.24, 2.45) is 0 Å². The fourth-order valence-electron chi connectivity index (χ4n) is 2.24. The first-order chi connectivity index (χ1) is 10.1. The van der Waals surface area contributed by atoms with Crippen LogP contribution < -0.4 is 5.32 Å². The van der Waals surface area contributed by atoms with Gasteiger partial charge in [0.25, 0.3) is 0 Å². The van der Waals surface area contributed by atoms with Crippen molar-refractivity contribution in [2.75, 3.05) is 5.32 Å². The van der Waals surface area contributed by atoms with Gasteiger partial charge in [0.15, 0.2) is 0 Å². The number of furan rings is 1. The fourth-order valence-corrected chi connectivity index (χ4v) is 2.60. The van der Waals surface area contributed by atoms with Gasteiger partial charge in [0, 0.05) is 20.2 Å². The van der Waals surface area contributed by atoms with E-state index in [4.69, 9.17) is 4.42 Å². The summed E-state index contributed by atoms with van der Waals surface area (Å²) in [5.41, 5.74) is 3.70. The number of benzene rings is 2. The summed E-state index contributed by atoms with van der Waals surface area (Å²) < 4.78 is 6.63. The first-order valence-corrected chi connectivity index (χ1v) is 7.72. The normalized spacial score (nSPS) is 10.8. The molecule has 2 aromatic carbocycles. The summed E-state index contributed by atoms with van der Waals surface area (Å²) in [4.78, 5) is 12.1. The van der Waals surface area contributed by atoms with Gasteiger partial charge in [-0.2, -0.15) is 0 Å². The number of halogens is 1. The molecule has 106 valence electrons. The average Bonchev–Trinajstić information content (AvgIpc) is 2.84. The van der Waals surface area contributed by atoms with E-state index >= 15 is 0 Å². The van der Waals surface area contributed by atoms with Crippen LogP contribution in [-0.2, 0) is 11.2 Å². The number of aryl methyl sites for hydroxylation is 1. The van der Waals surface area contributed by atoms with Gasteiger partial charge in [-0.15, -0.1) is 0 Å². The number of carbonyl (C=O) groups is 1. The summed E-state index contributed by atoms with van der Waals surface area (Å²) >= 11 is 2.24. The zero-order valence-electron chi connectivity index (χ0n) is 11.5. The number of nitrogens with one attached hydrogen (secondary N) is 1. The maximum absolute atomic E-state index is 12.1. The van der Waals surface area contributed by atoms with E-state index in [1.54, 1.807) is 6.26 Å². The molecule has 3 aromatic rings. The van der Waals surface area contributed by atoms with Crippen LogP contribution in [0.15, 0.2) is 53.1 Å². The molecule has 0 atom stereocenters. The minimum atomic E-state index is -0.0413. The fraction of sp³-hybridized carbons (Fsp3) is 0.118. The number of anilines is 1. The molecule has 0 spiro atoms. The van der Waals surface area contributed by atoms with Crippen molar-refractivity contribution in [3.63, 3.8) is 0 Å². The molecule has 3 rings (SSSR count). The number of rotatable bonds is 3. The molecule has 3 nitrogen and oxygen atoms in total. The minimum absolute atomic E-state index is 0.0413. The summed E-state index contributed by atoms with van der Waals surface area (Å²) in [7, 11) is 0. The van der Waals surface area contributed by atoms with E-state index in [2.05, 4.69) is 27.9 Å². The zero-order chi connectivity index (χ0) is 14.8. The highest BCUT2D eigenvalue weighted by Gasteiger charge is 2.10. The number of hydrogen-bond donors (Lipinski definition) is 1. The van der Waals surface area contributed by atoms with E-state index < -0.39 is 0 Å². The first kappa shape index (κ1) is 14.1. The number of hydrogen-bond acceptors (Lipinski definition) is 2. The molecule has 1 amide bonds. The van der Waals surface area contributed by atoms with Crippen LogP contribution in [0, 0.1) is 10.5 Å². The maximum atomic E-state index is 12.1. The van der Waals surface area contributed by atoms with E-state index in [0.717, 1.165) is 31.4 Å². The van der Waals surface area contributed by atoms with Crippen LogP contribution in [-0.4, -0.2) is 5.91 Å². The average molecular weight is 391 g/mol. The van der Waals surface area contributed by atoms with E-state index in [0.29, 0.717) is 6.42 Å². The smallest absolute Gasteiger partial charge is 0.228 e. The van der Waals surface area contributed by atoms with Crippen LogP contribution in [0.2, 0.25) is 0 Å². The molecule has 0 aliphatic heterocycles. The van der Waals surface area contributed by atoms with E-state index in [1.807, 2.05) is 49.4 Å². The van der Waals surface area contributed by atoms with Crippen LogP contribution in [0.25, 0.3) is 11.0 Å². The van der Waals surface area contributed by atoms with Gasteiger partial charge in [0.1, 0.15) is 5.58 Å². The Kier molecular flexibility index (Phi) is 3.96. The lowest BCUT2D eigenvalue weighted by Crippen LogP contribution is -2.14. The number of carbonyl (C=O) groups excluding carboxylic acids is 1. The molecular weight excluding hydrogens is 377 g/mol. The van der Waals surface area contributed by atoms with Crippen LogP contribution >= 0.6 is 22.6 Å². The van der Waals surface area contributed by atoms with Gasteiger partial charge in [0.2, 0.25) is 5.91 Å². The predicted octanol–water partition coefficient (Wildman–Crippen LogP) is 4.53.